The number of carbonyl (C=O) groups excluding carboxylic acids is 1. The maximum absolute atomic E-state index is 11.5. The Labute approximate surface area is 81.7 Å². The van der Waals surface area contributed by atoms with Crippen molar-refractivity contribution in [3.05, 3.63) is 11.8 Å². The van der Waals surface area contributed by atoms with Crippen molar-refractivity contribution in [3.8, 4) is 0 Å². The molecule has 0 aliphatic carbocycles. The first kappa shape index (κ1) is 10.4. The number of aliphatic carboxylic acids is 1. The maximum atomic E-state index is 11.5. The lowest BCUT2D eigenvalue weighted by Crippen LogP contribution is -2.30. The number of nitrogens with zero attached hydrogens (tertiary/aromatic N) is 2. The number of amides is 1. The Morgan fingerprint density at radius 2 is 2.36 bits per heavy atom. The van der Waals surface area contributed by atoms with Gasteiger partial charge in [0.05, 0.1) is 6.42 Å². The van der Waals surface area contributed by atoms with E-state index in [1.165, 1.54) is 11.1 Å². The van der Waals surface area contributed by atoms with Crippen LogP contribution in [0.4, 0.5) is 0 Å². The summed E-state index contributed by atoms with van der Waals surface area (Å²) in [6.45, 7) is 0.228. The summed E-state index contributed by atoms with van der Waals surface area (Å²) in [7, 11) is 1.59. The van der Waals surface area contributed by atoms with Crippen molar-refractivity contribution in [2.45, 2.75) is 12.8 Å². The zero-order valence-corrected chi connectivity index (χ0v) is 7.93. The number of carboxylic acid groups (broad SMARTS) is 1. The van der Waals surface area contributed by atoms with Crippen molar-refractivity contribution < 1.29 is 14.7 Å². The summed E-state index contributed by atoms with van der Waals surface area (Å²) >= 11 is 0. The molecule has 0 bridgehead atoms. The van der Waals surface area contributed by atoms with Gasteiger partial charge in [0, 0.05) is 38.0 Å². The third kappa shape index (κ3) is 2.69. The highest BCUT2D eigenvalue weighted by atomic mass is 16.4. The molecule has 0 atom stereocenters. The quantitative estimate of drug-likeness (QED) is 0.702. The molecule has 1 amide bonds. The Kier molecular flexibility index (Phi) is 3.39. The van der Waals surface area contributed by atoms with E-state index in [2.05, 4.69) is 4.99 Å². The average molecular weight is 196 g/mol. The van der Waals surface area contributed by atoms with Gasteiger partial charge in [-0.25, -0.2) is 0 Å². The molecule has 1 aliphatic heterocycles. The number of carbonyl (C=O) groups is 2. The summed E-state index contributed by atoms with van der Waals surface area (Å²) in [6, 6.07) is 0. The Hall–Kier alpha value is -1.65. The highest BCUT2D eigenvalue weighted by Crippen LogP contribution is 2.09. The molecular formula is C9H12N2O3. The van der Waals surface area contributed by atoms with E-state index in [1.807, 2.05) is 0 Å². The van der Waals surface area contributed by atoms with E-state index in [0.717, 1.165) is 0 Å². The van der Waals surface area contributed by atoms with Crippen molar-refractivity contribution in [1.82, 2.24) is 4.90 Å². The minimum absolute atomic E-state index is 0.0314. The van der Waals surface area contributed by atoms with Crippen LogP contribution in [0.5, 0.6) is 0 Å². The summed E-state index contributed by atoms with van der Waals surface area (Å²) < 4.78 is 0. The molecular weight excluding hydrogens is 184 g/mol. The average Bonchev–Trinajstić information content (AvgIpc) is 2.65. The molecule has 0 unspecified atom stereocenters. The lowest BCUT2D eigenvalue weighted by atomic mass is 10.2. The van der Waals surface area contributed by atoms with Gasteiger partial charge in [-0.2, -0.15) is 0 Å². The summed E-state index contributed by atoms with van der Waals surface area (Å²) in [4.78, 5) is 27.0. The van der Waals surface area contributed by atoms with Crippen molar-refractivity contribution in [3.63, 3.8) is 0 Å². The molecule has 0 saturated heterocycles. The van der Waals surface area contributed by atoms with Crippen LogP contribution < -0.4 is 0 Å². The molecule has 1 rings (SSSR count). The van der Waals surface area contributed by atoms with Gasteiger partial charge in [0.2, 0.25) is 0 Å². The molecule has 1 aliphatic rings. The largest absolute Gasteiger partial charge is 0.481 e. The van der Waals surface area contributed by atoms with Crippen molar-refractivity contribution >= 4 is 18.1 Å². The molecule has 0 aromatic carbocycles. The first-order valence-corrected chi connectivity index (χ1v) is 4.29. The fraction of sp³-hybridized carbons (Fsp3) is 0.444. The predicted molar refractivity (Wildman–Crippen MR) is 51.1 cm³/mol. The van der Waals surface area contributed by atoms with Crippen LogP contribution >= 0.6 is 0 Å². The topological polar surface area (TPSA) is 70.0 Å². The van der Waals surface area contributed by atoms with Gasteiger partial charge < -0.3 is 10.0 Å². The van der Waals surface area contributed by atoms with Crippen molar-refractivity contribution in [2.24, 2.45) is 4.99 Å². The number of likely N-dealkylation sites (N-methyl/N-ethyl adjacent to an activating group) is 1. The van der Waals surface area contributed by atoms with Crippen molar-refractivity contribution in [2.75, 3.05) is 13.6 Å². The van der Waals surface area contributed by atoms with Gasteiger partial charge in [-0.3, -0.25) is 14.6 Å². The summed E-state index contributed by atoms with van der Waals surface area (Å²) in [5.41, 5.74) is 0.609. The Morgan fingerprint density at radius 1 is 1.64 bits per heavy atom. The second-order valence-corrected chi connectivity index (χ2v) is 3.06. The molecule has 0 saturated carbocycles. The highest BCUT2D eigenvalue weighted by Gasteiger charge is 2.16. The molecule has 5 heteroatoms. The molecule has 1 heterocycles. The molecule has 14 heavy (non-hydrogen) atoms. The molecule has 76 valence electrons. The summed E-state index contributed by atoms with van der Waals surface area (Å²) in [5.74, 6) is -1.05. The van der Waals surface area contributed by atoms with Crippen molar-refractivity contribution in [1.29, 1.82) is 0 Å². The molecule has 0 aromatic rings. The fourth-order valence-corrected chi connectivity index (χ4v) is 1.10. The van der Waals surface area contributed by atoms with Crippen LogP contribution in [0.25, 0.3) is 0 Å². The molecule has 0 spiro atoms. The van der Waals surface area contributed by atoms with Crippen LogP contribution in [0, 0.1) is 0 Å². The van der Waals surface area contributed by atoms with Crippen LogP contribution in [0.2, 0.25) is 0 Å². The standard InChI is InChI=1S/C9H12N2O3/c1-11(5-3-8(12)13)9(14)7-2-4-10-6-7/h4,6H,2-3,5H2,1H3,(H,12,13). The zero-order valence-electron chi connectivity index (χ0n) is 7.93. The van der Waals surface area contributed by atoms with Gasteiger partial charge in [-0.15, -0.1) is 0 Å². The maximum Gasteiger partial charge on any atom is 0.305 e. The molecule has 0 fully saturated rings. The van der Waals surface area contributed by atoms with Crippen LogP contribution in [0.3, 0.4) is 0 Å². The minimum Gasteiger partial charge on any atom is -0.481 e. The first-order valence-electron chi connectivity index (χ1n) is 4.29. The second-order valence-electron chi connectivity index (χ2n) is 3.06. The zero-order chi connectivity index (χ0) is 10.6. The lowest BCUT2D eigenvalue weighted by Gasteiger charge is -2.15. The normalized spacial score (nSPS) is 13.9. The summed E-state index contributed by atoms with van der Waals surface area (Å²) in [6.07, 6.45) is 3.67. The van der Waals surface area contributed by atoms with Gasteiger partial charge >= 0.3 is 5.97 Å². The Bertz CT molecular complexity index is 307. The van der Waals surface area contributed by atoms with Gasteiger partial charge in [-0.1, -0.05) is 0 Å². The van der Waals surface area contributed by atoms with E-state index in [0.29, 0.717) is 12.0 Å². The van der Waals surface area contributed by atoms with E-state index in [-0.39, 0.29) is 18.9 Å². The van der Waals surface area contributed by atoms with Crippen LogP contribution in [-0.4, -0.2) is 41.7 Å². The molecule has 0 radical (unpaired) electrons. The third-order valence-corrected chi connectivity index (χ3v) is 1.93. The molecule has 0 aromatic heterocycles. The van der Waals surface area contributed by atoms with Gasteiger partial charge in [-0.05, 0) is 0 Å². The van der Waals surface area contributed by atoms with Crippen LogP contribution in [0.15, 0.2) is 16.8 Å². The van der Waals surface area contributed by atoms with Crippen LogP contribution in [0.1, 0.15) is 12.8 Å². The van der Waals surface area contributed by atoms with E-state index in [1.54, 1.807) is 13.3 Å². The highest BCUT2D eigenvalue weighted by molar-refractivity contribution is 5.97. The Balaban J connectivity index is 2.40. The minimum atomic E-state index is -0.902. The number of rotatable bonds is 4. The predicted octanol–water partition coefficient (Wildman–Crippen LogP) is 0.278. The van der Waals surface area contributed by atoms with Crippen LogP contribution in [-0.2, 0) is 9.59 Å². The second kappa shape index (κ2) is 4.55. The Morgan fingerprint density at radius 3 is 2.86 bits per heavy atom. The number of hydrogen-bond donors (Lipinski definition) is 1. The smallest absolute Gasteiger partial charge is 0.305 e. The summed E-state index contributed by atoms with van der Waals surface area (Å²) in [5, 5.41) is 8.43. The van der Waals surface area contributed by atoms with Gasteiger partial charge in [0.1, 0.15) is 0 Å². The van der Waals surface area contributed by atoms with E-state index >= 15 is 0 Å². The molecule has 1 N–H and O–H groups in total. The van der Waals surface area contributed by atoms with E-state index in [9.17, 15) is 9.59 Å². The monoisotopic (exact) mass is 196 g/mol. The third-order valence-electron chi connectivity index (χ3n) is 1.93. The van der Waals surface area contributed by atoms with Gasteiger partial charge in [0.15, 0.2) is 0 Å². The van der Waals surface area contributed by atoms with Gasteiger partial charge in [0.25, 0.3) is 5.91 Å². The fourth-order valence-electron chi connectivity index (χ4n) is 1.10. The van der Waals surface area contributed by atoms with E-state index < -0.39 is 5.97 Å². The van der Waals surface area contributed by atoms with E-state index in [4.69, 9.17) is 5.11 Å². The lowest BCUT2D eigenvalue weighted by molar-refractivity contribution is -0.137. The number of aliphatic imine (C=N–C) groups is 1. The molecule has 5 nitrogen and oxygen atoms in total. The first-order chi connectivity index (χ1) is 6.61. The SMILES string of the molecule is CN(CCC(=O)O)C(=O)C1=CN=CC1. The number of carboxylic acids is 1. The number of hydrogen-bond acceptors (Lipinski definition) is 3.